The second kappa shape index (κ2) is 14.0. The Bertz CT molecular complexity index is 1490. The van der Waals surface area contributed by atoms with Crippen molar-refractivity contribution in [3.63, 3.8) is 0 Å². The van der Waals surface area contributed by atoms with Crippen LogP contribution in [0.5, 0.6) is 0 Å². The van der Waals surface area contributed by atoms with Gasteiger partial charge in [-0.25, -0.2) is 0 Å². The zero-order valence-corrected chi connectivity index (χ0v) is 23.4. The van der Waals surface area contributed by atoms with Gasteiger partial charge in [-0.3, -0.25) is 14.4 Å². The van der Waals surface area contributed by atoms with Crippen LogP contribution in [0.3, 0.4) is 0 Å². The van der Waals surface area contributed by atoms with Gasteiger partial charge in [0.25, 0.3) is 5.91 Å². The van der Waals surface area contributed by atoms with E-state index in [9.17, 15) is 32.8 Å². The molecule has 0 aromatic heterocycles. The number of rotatable bonds is 10. The predicted molar refractivity (Wildman–Crippen MR) is 155 cm³/mol. The molecular weight excluding hydrogens is 559 g/mol. The summed E-state index contributed by atoms with van der Waals surface area (Å²) in [7, 11) is 0. The molecule has 2 amide bonds. The highest BCUT2D eigenvalue weighted by atomic mass is 19.4. The van der Waals surface area contributed by atoms with Gasteiger partial charge in [-0.05, 0) is 72.2 Å². The Hall–Kier alpha value is -4.65. The lowest BCUT2D eigenvalue weighted by Crippen LogP contribution is -2.26. The number of benzene rings is 3. The summed E-state index contributed by atoms with van der Waals surface area (Å²) < 4.78 is 40.3. The molecule has 1 unspecified atom stereocenters. The van der Waals surface area contributed by atoms with Gasteiger partial charge in [0, 0.05) is 17.8 Å². The lowest BCUT2D eigenvalue weighted by molar-refractivity contribution is -0.138. The molecule has 1 saturated carbocycles. The minimum absolute atomic E-state index is 0.0158. The minimum Gasteiger partial charge on any atom is -0.481 e. The largest absolute Gasteiger partial charge is 0.481 e. The number of nitriles is 1. The number of halogens is 3. The summed E-state index contributed by atoms with van der Waals surface area (Å²) in [5.41, 5.74) is 1.51. The van der Waals surface area contributed by atoms with Crippen molar-refractivity contribution in [3.05, 3.63) is 100 Å². The molecule has 3 aromatic rings. The van der Waals surface area contributed by atoms with Crippen LogP contribution in [0.4, 0.5) is 18.9 Å². The molecule has 0 saturated heterocycles. The van der Waals surface area contributed by atoms with E-state index in [1.54, 1.807) is 30.3 Å². The number of aliphatic carboxylic acids is 1. The number of carboxylic acid groups (broad SMARTS) is 1. The Kier molecular flexibility index (Phi) is 10.2. The molecule has 0 radical (unpaired) electrons. The van der Waals surface area contributed by atoms with E-state index >= 15 is 0 Å². The summed E-state index contributed by atoms with van der Waals surface area (Å²) in [6, 6.07) is 18.7. The van der Waals surface area contributed by atoms with Gasteiger partial charge in [-0.1, -0.05) is 55.7 Å². The highest BCUT2D eigenvalue weighted by Crippen LogP contribution is 2.35. The summed E-state index contributed by atoms with van der Waals surface area (Å²) in [4.78, 5) is 36.7. The smallest absolute Gasteiger partial charge is 0.416 e. The molecule has 1 aliphatic rings. The number of amides is 2. The molecule has 1 atom stereocenters. The van der Waals surface area contributed by atoms with Crippen LogP contribution in [-0.4, -0.2) is 29.4 Å². The highest BCUT2D eigenvalue weighted by molar-refractivity contribution is 5.96. The summed E-state index contributed by atoms with van der Waals surface area (Å²) in [5.74, 6) is -2.32. The van der Waals surface area contributed by atoms with Crippen LogP contribution in [0.1, 0.15) is 88.5 Å². The molecule has 0 aliphatic heterocycles. The third-order valence-electron chi connectivity index (χ3n) is 7.67. The lowest BCUT2D eigenvalue weighted by atomic mass is 9.83. The Morgan fingerprint density at radius 2 is 1.63 bits per heavy atom. The van der Waals surface area contributed by atoms with E-state index in [-0.39, 0.29) is 30.6 Å². The van der Waals surface area contributed by atoms with Gasteiger partial charge in [-0.2, -0.15) is 18.4 Å². The van der Waals surface area contributed by atoms with E-state index in [1.165, 1.54) is 30.9 Å². The van der Waals surface area contributed by atoms with Gasteiger partial charge in [-0.15, -0.1) is 0 Å². The van der Waals surface area contributed by atoms with Crippen LogP contribution < -0.4 is 10.6 Å². The molecule has 7 nitrogen and oxygen atoms in total. The monoisotopic (exact) mass is 591 g/mol. The fourth-order valence-corrected chi connectivity index (χ4v) is 5.37. The molecule has 4 rings (SSSR count). The number of carbonyl (C=O) groups is 3. The van der Waals surface area contributed by atoms with Crippen molar-refractivity contribution in [1.82, 2.24) is 5.32 Å². The normalized spacial score (nSPS) is 14.4. The first-order chi connectivity index (χ1) is 20.5. The maximum atomic E-state index is 13.6. The van der Waals surface area contributed by atoms with Crippen molar-refractivity contribution in [2.24, 2.45) is 0 Å². The van der Waals surface area contributed by atoms with Gasteiger partial charge in [0.2, 0.25) is 5.91 Å². The van der Waals surface area contributed by atoms with E-state index in [1.807, 2.05) is 24.3 Å². The minimum atomic E-state index is -4.69. The number of carboxylic acids is 1. The van der Waals surface area contributed by atoms with Crippen molar-refractivity contribution in [2.75, 3.05) is 11.9 Å². The van der Waals surface area contributed by atoms with Gasteiger partial charge < -0.3 is 15.7 Å². The lowest BCUT2D eigenvalue weighted by Gasteiger charge is -2.23. The number of nitrogens with zero attached hydrogens (tertiary/aromatic N) is 1. The van der Waals surface area contributed by atoms with Crippen LogP contribution in [0.2, 0.25) is 0 Å². The van der Waals surface area contributed by atoms with E-state index in [4.69, 9.17) is 5.11 Å². The molecule has 3 aromatic carbocycles. The maximum absolute atomic E-state index is 13.6. The van der Waals surface area contributed by atoms with Crippen LogP contribution in [0.25, 0.3) is 0 Å². The molecule has 0 bridgehead atoms. The van der Waals surface area contributed by atoms with Crippen LogP contribution in [0, 0.1) is 11.3 Å². The van der Waals surface area contributed by atoms with Gasteiger partial charge in [0.1, 0.15) is 0 Å². The van der Waals surface area contributed by atoms with Crippen molar-refractivity contribution < 1.29 is 32.7 Å². The van der Waals surface area contributed by atoms with Crippen LogP contribution >= 0.6 is 0 Å². The number of hydrogen-bond donors (Lipinski definition) is 3. The third kappa shape index (κ3) is 8.67. The number of carbonyl (C=O) groups excluding carboxylic acids is 2. The topological polar surface area (TPSA) is 119 Å². The number of nitrogens with one attached hydrogen (secondary N) is 2. The van der Waals surface area contributed by atoms with Crippen LogP contribution in [-0.2, 0) is 22.2 Å². The van der Waals surface area contributed by atoms with Gasteiger partial charge in [0.15, 0.2) is 0 Å². The summed E-state index contributed by atoms with van der Waals surface area (Å²) in [6.07, 6.45) is 1.08. The summed E-state index contributed by atoms with van der Waals surface area (Å²) >= 11 is 0. The molecule has 1 fully saturated rings. The number of hydrogen-bond acceptors (Lipinski definition) is 4. The molecule has 1 aliphatic carbocycles. The van der Waals surface area contributed by atoms with Crippen molar-refractivity contribution in [1.29, 1.82) is 5.26 Å². The summed E-state index contributed by atoms with van der Waals surface area (Å²) in [6.45, 7) is -0.0158. The van der Waals surface area contributed by atoms with E-state index in [2.05, 4.69) is 10.6 Å². The Balaban J connectivity index is 1.58. The van der Waals surface area contributed by atoms with Gasteiger partial charge in [0.05, 0.1) is 29.5 Å². The standard InChI is InChI=1S/C33H32F3N3O4/c34-33(35,36)27-16-22(20-37)17-28(19-27)39-32(43)29(25-12-10-24(11-13-25)23-4-2-1-3-5-23)18-21-6-8-26(9-7-21)31(42)38-15-14-30(40)41/h6-13,16-17,19,23,29H,1-5,14-15,18H2,(H,38,42)(H,39,43)(H,40,41). The van der Waals surface area contributed by atoms with Crippen LogP contribution in [0.15, 0.2) is 66.7 Å². The first-order valence-electron chi connectivity index (χ1n) is 14.2. The molecule has 10 heteroatoms. The second-order valence-corrected chi connectivity index (χ2v) is 10.8. The van der Waals surface area contributed by atoms with E-state index < -0.39 is 35.4 Å². The first-order valence-corrected chi connectivity index (χ1v) is 14.2. The second-order valence-electron chi connectivity index (χ2n) is 10.8. The molecule has 3 N–H and O–H groups in total. The zero-order chi connectivity index (χ0) is 31.0. The molecule has 0 spiro atoms. The Morgan fingerprint density at radius 3 is 2.23 bits per heavy atom. The fraction of sp³-hybridized carbons (Fsp3) is 0.333. The average molecular weight is 592 g/mol. The van der Waals surface area contributed by atoms with Crippen molar-refractivity contribution in [3.8, 4) is 6.07 Å². The zero-order valence-electron chi connectivity index (χ0n) is 23.4. The SMILES string of the molecule is N#Cc1cc(NC(=O)C(Cc2ccc(C(=O)NCCC(=O)O)cc2)c2ccc(C3CCCCC3)cc2)cc(C(F)(F)F)c1. The average Bonchev–Trinajstić information content (AvgIpc) is 2.99. The number of alkyl halides is 3. The fourth-order valence-electron chi connectivity index (χ4n) is 5.37. The third-order valence-corrected chi connectivity index (χ3v) is 7.67. The first kappa shape index (κ1) is 31.3. The maximum Gasteiger partial charge on any atom is 0.416 e. The van der Waals surface area contributed by atoms with E-state index in [0.29, 0.717) is 22.6 Å². The van der Waals surface area contributed by atoms with Crippen molar-refractivity contribution in [2.45, 2.75) is 63.0 Å². The predicted octanol–water partition coefficient (Wildman–Crippen LogP) is 6.79. The molecule has 224 valence electrons. The van der Waals surface area contributed by atoms with Gasteiger partial charge >= 0.3 is 12.1 Å². The number of anilines is 1. The molecular formula is C33H32F3N3O4. The van der Waals surface area contributed by atoms with E-state index in [0.717, 1.165) is 25.0 Å². The molecule has 0 heterocycles. The summed E-state index contributed by atoms with van der Waals surface area (Å²) in [5, 5.41) is 23.1. The Labute approximate surface area is 247 Å². The van der Waals surface area contributed by atoms with Crippen molar-refractivity contribution >= 4 is 23.5 Å². The molecule has 43 heavy (non-hydrogen) atoms. The highest BCUT2D eigenvalue weighted by Gasteiger charge is 2.32. The quantitative estimate of drug-likeness (QED) is 0.240. The Morgan fingerprint density at radius 1 is 0.953 bits per heavy atom.